The first-order valence-electron chi connectivity index (χ1n) is 7.32. The monoisotopic (exact) mass is 314 g/mol. The summed E-state index contributed by atoms with van der Waals surface area (Å²) in [7, 11) is -4.22. The van der Waals surface area contributed by atoms with Crippen molar-refractivity contribution in [3.05, 3.63) is 24.3 Å². The first kappa shape index (κ1) is 17.6. The van der Waals surface area contributed by atoms with Gasteiger partial charge in [-0.2, -0.15) is 8.42 Å². The average Bonchev–Trinajstić information content (AvgIpc) is 2.42. The Morgan fingerprint density at radius 1 is 1.14 bits per heavy atom. The molecule has 0 fully saturated rings. The van der Waals surface area contributed by atoms with Crippen molar-refractivity contribution in [2.24, 2.45) is 0 Å². The molecule has 1 aliphatic rings. The number of rotatable bonds is 9. The Bertz CT molecular complexity index is 516. The zero-order valence-corrected chi connectivity index (χ0v) is 13.1. The molecule has 1 aliphatic carbocycles. The van der Waals surface area contributed by atoms with Gasteiger partial charge >= 0.3 is 16.1 Å². The second-order valence-corrected chi connectivity index (χ2v) is 6.69. The van der Waals surface area contributed by atoms with Crippen LogP contribution in [0, 0.1) is 0 Å². The summed E-state index contributed by atoms with van der Waals surface area (Å²) in [5.41, 5.74) is 0. The molecule has 0 bridgehead atoms. The molecule has 5 nitrogen and oxygen atoms in total. The molecule has 21 heavy (non-hydrogen) atoms. The summed E-state index contributed by atoms with van der Waals surface area (Å²) in [4.78, 5) is 23.0. The fraction of sp³-hybridized carbons (Fsp3) is 0.600. The molecule has 0 aromatic carbocycles. The van der Waals surface area contributed by atoms with Crippen LogP contribution in [0.15, 0.2) is 24.3 Å². The van der Waals surface area contributed by atoms with Crippen LogP contribution in [0.25, 0.3) is 0 Å². The molecule has 0 aromatic rings. The molecule has 118 valence electrons. The maximum absolute atomic E-state index is 11.8. The molecule has 0 heterocycles. The second-order valence-electron chi connectivity index (χ2n) is 5.03. The topological polar surface area (TPSA) is 77.5 Å². The van der Waals surface area contributed by atoms with Crippen LogP contribution in [0.5, 0.6) is 0 Å². The molecule has 0 saturated carbocycles. The Morgan fingerprint density at radius 2 is 1.81 bits per heavy atom. The highest BCUT2D eigenvalue weighted by Gasteiger charge is 2.33. The summed E-state index contributed by atoms with van der Waals surface area (Å²) in [6.07, 6.45) is 11.3. The predicted molar refractivity (Wildman–Crippen MR) is 80.1 cm³/mol. The number of hydrogen-bond acceptors (Lipinski definition) is 5. The van der Waals surface area contributed by atoms with Gasteiger partial charge in [-0.1, -0.05) is 57.3 Å². The van der Waals surface area contributed by atoms with E-state index in [4.69, 9.17) is 0 Å². The highest BCUT2D eigenvalue weighted by molar-refractivity contribution is 7.88. The minimum absolute atomic E-state index is 0.0613. The van der Waals surface area contributed by atoms with Gasteiger partial charge in [-0.15, -0.1) is 0 Å². The number of carbonyl (C=O) groups is 2. The summed E-state index contributed by atoms with van der Waals surface area (Å²) in [6, 6.07) is 0. The van der Waals surface area contributed by atoms with Crippen molar-refractivity contribution >= 4 is 21.9 Å². The molecule has 6 heteroatoms. The fourth-order valence-electron chi connectivity index (χ4n) is 2.02. The van der Waals surface area contributed by atoms with Gasteiger partial charge in [0.1, 0.15) is 0 Å². The van der Waals surface area contributed by atoms with Crippen LogP contribution < -0.4 is 0 Å². The van der Waals surface area contributed by atoms with Crippen LogP contribution in [-0.2, 0) is 23.9 Å². The second kappa shape index (κ2) is 8.77. The molecule has 0 saturated heterocycles. The molecule has 0 amide bonds. The van der Waals surface area contributed by atoms with E-state index in [0.717, 1.165) is 31.8 Å². The van der Waals surface area contributed by atoms with Crippen LogP contribution in [-0.4, -0.2) is 25.4 Å². The molecule has 0 aliphatic heterocycles. The lowest BCUT2D eigenvalue weighted by Crippen LogP contribution is -2.31. The SMILES string of the molecule is CCCCCCCCC(=O)OS(=O)(=O)C1C=CC=CC1=O. The molecular weight excluding hydrogens is 292 g/mol. The van der Waals surface area contributed by atoms with E-state index in [1.54, 1.807) is 0 Å². The third-order valence-electron chi connectivity index (χ3n) is 3.19. The Morgan fingerprint density at radius 3 is 2.48 bits per heavy atom. The van der Waals surface area contributed by atoms with Crippen LogP contribution in [0.3, 0.4) is 0 Å². The molecular formula is C15H22O5S. The molecule has 1 unspecified atom stereocenters. The molecule has 0 aromatic heterocycles. The lowest BCUT2D eigenvalue weighted by Gasteiger charge is -2.12. The highest BCUT2D eigenvalue weighted by atomic mass is 32.2. The van der Waals surface area contributed by atoms with Crippen molar-refractivity contribution in [3.8, 4) is 0 Å². The Balaban J connectivity index is 2.34. The van der Waals surface area contributed by atoms with Crippen LogP contribution in [0.1, 0.15) is 51.9 Å². The third kappa shape index (κ3) is 6.25. The maximum atomic E-state index is 11.8. The fourth-order valence-corrected chi connectivity index (χ4v) is 3.11. The first-order chi connectivity index (χ1) is 9.97. The van der Waals surface area contributed by atoms with Crippen molar-refractivity contribution in [2.45, 2.75) is 57.1 Å². The summed E-state index contributed by atoms with van der Waals surface area (Å²) in [5.74, 6) is -1.38. The quantitative estimate of drug-likeness (QED) is 0.483. The average molecular weight is 314 g/mol. The zero-order valence-electron chi connectivity index (χ0n) is 12.3. The van der Waals surface area contributed by atoms with Crippen molar-refractivity contribution in [1.82, 2.24) is 0 Å². The molecule has 0 spiro atoms. The normalized spacial score (nSPS) is 18.0. The van der Waals surface area contributed by atoms with Crippen LogP contribution in [0.2, 0.25) is 0 Å². The Labute approximate surface area is 126 Å². The summed E-state index contributed by atoms with van der Waals surface area (Å²) >= 11 is 0. The Kier molecular flexibility index (Phi) is 7.36. The largest absolute Gasteiger partial charge is 0.345 e. The number of unbranched alkanes of at least 4 members (excludes halogenated alkanes) is 5. The van der Waals surface area contributed by atoms with E-state index in [1.165, 1.54) is 24.6 Å². The minimum atomic E-state index is -4.22. The maximum Gasteiger partial charge on any atom is 0.325 e. The van der Waals surface area contributed by atoms with Crippen molar-refractivity contribution in [2.75, 3.05) is 0 Å². The lowest BCUT2D eigenvalue weighted by atomic mass is 10.1. The number of allylic oxidation sites excluding steroid dienone is 3. The molecule has 0 radical (unpaired) electrons. The van der Waals surface area contributed by atoms with Crippen molar-refractivity contribution in [1.29, 1.82) is 0 Å². The van der Waals surface area contributed by atoms with Gasteiger partial charge in [-0.05, 0) is 12.5 Å². The van der Waals surface area contributed by atoms with Gasteiger partial charge < -0.3 is 4.18 Å². The van der Waals surface area contributed by atoms with E-state index in [2.05, 4.69) is 11.1 Å². The Hall–Kier alpha value is -1.43. The number of hydrogen-bond donors (Lipinski definition) is 0. The smallest absolute Gasteiger partial charge is 0.325 e. The summed E-state index contributed by atoms with van der Waals surface area (Å²) < 4.78 is 28.2. The van der Waals surface area contributed by atoms with Crippen LogP contribution in [0.4, 0.5) is 0 Å². The standard InChI is InChI=1S/C15H22O5S/c1-2-3-4-5-6-7-12-15(17)20-21(18,19)14-11-9-8-10-13(14)16/h8-11,14H,2-7,12H2,1H3. The van der Waals surface area contributed by atoms with E-state index in [-0.39, 0.29) is 6.42 Å². The van der Waals surface area contributed by atoms with E-state index in [0.29, 0.717) is 6.42 Å². The number of ketones is 1. The predicted octanol–water partition coefficient (Wildman–Crippen LogP) is 2.67. The van der Waals surface area contributed by atoms with E-state index < -0.39 is 27.1 Å². The molecule has 1 atom stereocenters. The zero-order chi connectivity index (χ0) is 15.7. The lowest BCUT2D eigenvalue weighted by molar-refractivity contribution is -0.134. The number of carbonyl (C=O) groups excluding carboxylic acids is 2. The van der Waals surface area contributed by atoms with Gasteiger partial charge in [-0.25, -0.2) is 0 Å². The van der Waals surface area contributed by atoms with Crippen LogP contribution >= 0.6 is 0 Å². The van der Waals surface area contributed by atoms with Gasteiger partial charge in [0.15, 0.2) is 11.0 Å². The molecule has 0 N–H and O–H groups in total. The summed E-state index contributed by atoms with van der Waals surface area (Å²) in [5, 5.41) is -1.41. The van der Waals surface area contributed by atoms with Gasteiger partial charge in [0.25, 0.3) is 0 Å². The summed E-state index contributed by atoms with van der Waals surface area (Å²) in [6.45, 7) is 2.12. The highest BCUT2D eigenvalue weighted by Crippen LogP contribution is 2.14. The third-order valence-corrected chi connectivity index (χ3v) is 4.62. The van der Waals surface area contributed by atoms with Gasteiger partial charge in [0.2, 0.25) is 0 Å². The van der Waals surface area contributed by atoms with Crippen molar-refractivity contribution < 1.29 is 22.2 Å². The first-order valence-corrected chi connectivity index (χ1v) is 8.79. The van der Waals surface area contributed by atoms with Gasteiger partial charge in [-0.3, -0.25) is 9.59 Å². The minimum Gasteiger partial charge on any atom is -0.345 e. The van der Waals surface area contributed by atoms with E-state index in [9.17, 15) is 18.0 Å². The van der Waals surface area contributed by atoms with E-state index in [1.807, 2.05) is 0 Å². The van der Waals surface area contributed by atoms with Gasteiger partial charge in [0, 0.05) is 6.42 Å². The molecule has 1 rings (SSSR count). The van der Waals surface area contributed by atoms with Gasteiger partial charge in [0.05, 0.1) is 0 Å². The van der Waals surface area contributed by atoms with Crippen molar-refractivity contribution in [3.63, 3.8) is 0 Å². The van der Waals surface area contributed by atoms with E-state index >= 15 is 0 Å².